The van der Waals surface area contributed by atoms with Crippen molar-refractivity contribution in [3.8, 4) is 0 Å². The van der Waals surface area contributed by atoms with Crippen molar-refractivity contribution in [1.29, 1.82) is 0 Å². The first-order valence-corrected chi connectivity index (χ1v) is 12.4. The molecule has 0 radical (unpaired) electrons. The molecule has 2 aliphatic rings. The van der Waals surface area contributed by atoms with E-state index in [1.54, 1.807) is 4.90 Å². The molecule has 2 unspecified atom stereocenters. The number of carbonyl (C=O) groups excluding carboxylic acids is 1. The molecule has 6 heteroatoms. The Balaban J connectivity index is 1.43. The highest BCUT2D eigenvalue weighted by molar-refractivity contribution is 7.80. The number of amides is 1. The summed E-state index contributed by atoms with van der Waals surface area (Å²) in [6, 6.07) is 29.7. The largest absolute Gasteiger partial charge is 0.356 e. The molecule has 3 heterocycles. The number of rotatable bonds is 2. The van der Waals surface area contributed by atoms with E-state index < -0.39 is 0 Å². The molecule has 1 aromatic heterocycles. The fourth-order valence-electron chi connectivity index (χ4n) is 5.69. The summed E-state index contributed by atoms with van der Waals surface area (Å²) in [6.45, 7) is 0. The molecule has 35 heavy (non-hydrogen) atoms. The van der Waals surface area contributed by atoms with Crippen LogP contribution in [0.3, 0.4) is 0 Å². The second-order valence-electron chi connectivity index (χ2n) is 9.10. The van der Waals surface area contributed by atoms with Crippen LogP contribution in [-0.4, -0.2) is 26.9 Å². The monoisotopic (exact) mass is 493 g/mol. The van der Waals surface area contributed by atoms with E-state index in [4.69, 9.17) is 23.8 Å². The lowest BCUT2D eigenvalue weighted by Crippen LogP contribution is -2.44. The Labute approximate surface area is 212 Å². The molecule has 4 aromatic carbocycles. The smallest absolute Gasteiger partial charge is 0.256 e. The van der Waals surface area contributed by atoms with E-state index in [1.807, 2.05) is 66.7 Å². The summed E-state index contributed by atoms with van der Waals surface area (Å²) in [5, 5.41) is 4.45. The number of thiocarbonyl (C=S) groups is 1. The second-order valence-corrected chi connectivity index (χ2v) is 9.90. The lowest BCUT2D eigenvalue weighted by atomic mass is 9.89. The number of nitrogens with zero attached hydrogens (tertiary/aromatic N) is 2. The molecule has 4 nitrogen and oxygen atoms in total. The van der Waals surface area contributed by atoms with Crippen molar-refractivity contribution in [2.45, 2.75) is 18.5 Å². The van der Waals surface area contributed by atoms with Gasteiger partial charge in [0.25, 0.3) is 5.91 Å². The van der Waals surface area contributed by atoms with Gasteiger partial charge in [0.05, 0.1) is 11.7 Å². The Bertz CT molecular complexity index is 1650. The number of para-hydroxylation sites is 1. The second kappa shape index (κ2) is 7.67. The highest BCUT2D eigenvalue weighted by atomic mass is 35.5. The number of carbonyl (C=O) groups is 1. The maximum Gasteiger partial charge on any atom is 0.256 e. The zero-order valence-electron chi connectivity index (χ0n) is 18.6. The number of aromatic amines is 1. The van der Waals surface area contributed by atoms with E-state index in [1.165, 1.54) is 5.56 Å². The molecule has 1 saturated heterocycles. The van der Waals surface area contributed by atoms with Gasteiger partial charge in [-0.05, 0) is 53.0 Å². The minimum absolute atomic E-state index is 0.0150. The van der Waals surface area contributed by atoms with Crippen LogP contribution in [0.25, 0.3) is 21.7 Å². The molecule has 0 bridgehead atoms. The third-order valence-electron chi connectivity index (χ3n) is 7.24. The third-order valence-corrected chi connectivity index (χ3v) is 7.89. The highest BCUT2D eigenvalue weighted by Gasteiger charge is 2.51. The van der Waals surface area contributed by atoms with Crippen molar-refractivity contribution < 1.29 is 4.79 Å². The molecule has 7 rings (SSSR count). The number of fused-ring (bicyclic) bond motifs is 5. The van der Waals surface area contributed by atoms with Gasteiger partial charge in [-0.1, -0.05) is 78.3 Å². The van der Waals surface area contributed by atoms with E-state index in [-0.39, 0.29) is 18.0 Å². The Hall–Kier alpha value is -3.67. The van der Waals surface area contributed by atoms with Gasteiger partial charge in [-0.2, -0.15) is 0 Å². The van der Waals surface area contributed by atoms with Gasteiger partial charge in [-0.15, -0.1) is 0 Å². The molecule has 0 saturated carbocycles. The molecule has 1 fully saturated rings. The Morgan fingerprint density at radius 2 is 1.57 bits per heavy atom. The molecule has 1 N–H and O–H groups in total. The van der Waals surface area contributed by atoms with Gasteiger partial charge in [0.1, 0.15) is 6.04 Å². The van der Waals surface area contributed by atoms with Gasteiger partial charge >= 0.3 is 0 Å². The van der Waals surface area contributed by atoms with Crippen molar-refractivity contribution in [2.75, 3.05) is 4.90 Å². The maximum absolute atomic E-state index is 14.1. The Morgan fingerprint density at radius 3 is 2.40 bits per heavy atom. The van der Waals surface area contributed by atoms with E-state index in [9.17, 15) is 4.79 Å². The minimum Gasteiger partial charge on any atom is -0.356 e. The van der Waals surface area contributed by atoms with Crippen LogP contribution >= 0.6 is 23.8 Å². The lowest BCUT2D eigenvalue weighted by Gasteiger charge is -2.37. The average Bonchev–Trinajstić information content (AvgIpc) is 3.38. The summed E-state index contributed by atoms with van der Waals surface area (Å²) in [5.41, 5.74) is 5.21. The first kappa shape index (κ1) is 20.7. The molecule has 1 amide bonds. The SMILES string of the molecule is O=C1C2Cc3c([nH]c4ccccc34)C(c3ccc(Cl)cc3)N2C(=S)N1c1cccc2ccccc12. The molecule has 170 valence electrons. The molecule has 2 aliphatic heterocycles. The van der Waals surface area contributed by atoms with Gasteiger partial charge in [0, 0.05) is 33.4 Å². The van der Waals surface area contributed by atoms with Crippen molar-refractivity contribution in [1.82, 2.24) is 9.88 Å². The summed E-state index contributed by atoms with van der Waals surface area (Å²) >= 11 is 12.3. The molecule has 5 aromatic rings. The first-order valence-electron chi connectivity index (χ1n) is 11.6. The quantitative estimate of drug-likeness (QED) is 0.281. The van der Waals surface area contributed by atoms with Gasteiger partial charge in [0.2, 0.25) is 0 Å². The number of H-pyrrole nitrogens is 1. The summed E-state index contributed by atoms with van der Waals surface area (Å²) in [5.74, 6) is 0.0150. The minimum atomic E-state index is -0.381. The molecular weight excluding hydrogens is 474 g/mol. The maximum atomic E-state index is 14.1. The summed E-state index contributed by atoms with van der Waals surface area (Å²) in [7, 11) is 0. The van der Waals surface area contributed by atoms with Crippen LogP contribution in [0.1, 0.15) is 22.9 Å². The fourth-order valence-corrected chi connectivity index (χ4v) is 6.24. The van der Waals surface area contributed by atoms with Gasteiger partial charge in [0.15, 0.2) is 5.11 Å². The van der Waals surface area contributed by atoms with Crippen molar-refractivity contribution >= 4 is 62.2 Å². The number of anilines is 1. The summed E-state index contributed by atoms with van der Waals surface area (Å²) in [6.07, 6.45) is 0.601. The predicted octanol–water partition coefficient (Wildman–Crippen LogP) is 6.62. The van der Waals surface area contributed by atoms with Crippen LogP contribution in [0.2, 0.25) is 5.02 Å². The van der Waals surface area contributed by atoms with E-state index >= 15 is 0 Å². The normalized spacial score (nSPS) is 19.5. The van der Waals surface area contributed by atoms with E-state index in [0.717, 1.165) is 38.6 Å². The van der Waals surface area contributed by atoms with E-state index in [2.05, 4.69) is 34.1 Å². The molecule has 0 aliphatic carbocycles. The molecular formula is C29H20ClN3OS. The predicted molar refractivity (Wildman–Crippen MR) is 145 cm³/mol. The van der Waals surface area contributed by atoms with Crippen LogP contribution in [-0.2, 0) is 11.2 Å². The third kappa shape index (κ3) is 2.98. The number of hydrogen-bond acceptors (Lipinski definition) is 2. The number of aromatic nitrogens is 1. The Morgan fingerprint density at radius 1 is 0.857 bits per heavy atom. The number of hydrogen-bond donors (Lipinski definition) is 1. The van der Waals surface area contributed by atoms with Gasteiger partial charge in [-0.3, -0.25) is 9.69 Å². The average molecular weight is 494 g/mol. The van der Waals surface area contributed by atoms with Crippen LogP contribution in [0, 0.1) is 0 Å². The van der Waals surface area contributed by atoms with Crippen molar-refractivity contribution in [2.24, 2.45) is 0 Å². The molecule has 2 atom stereocenters. The summed E-state index contributed by atoms with van der Waals surface area (Å²) in [4.78, 5) is 21.6. The lowest BCUT2D eigenvalue weighted by molar-refractivity contribution is -0.120. The van der Waals surface area contributed by atoms with Crippen LogP contribution in [0.5, 0.6) is 0 Å². The van der Waals surface area contributed by atoms with Crippen LogP contribution < -0.4 is 4.90 Å². The van der Waals surface area contributed by atoms with Crippen molar-refractivity contribution in [3.05, 3.63) is 113 Å². The van der Waals surface area contributed by atoms with Gasteiger partial charge < -0.3 is 9.88 Å². The standard InChI is InChI=1S/C29H20ClN3OS/c30-19-14-12-18(13-15-19)27-26-22(21-9-3-4-10-23(21)31-26)16-25-28(34)33(29(35)32(25)27)24-11-5-7-17-6-1-2-8-20(17)24/h1-15,25,27,31H,16H2. The van der Waals surface area contributed by atoms with Crippen LogP contribution in [0.4, 0.5) is 5.69 Å². The molecule has 0 spiro atoms. The van der Waals surface area contributed by atoms with Crippen LogP contribution in [0.15, 0.2) is 91.0 Å². The number of benzene rings is 4. The van der Waals surface area contributed by atoms with E-state index in [0.29, 0.717) is 16.6 Å². The summed E-state index contributed by atoms with van der Waals surface area (Å²) < 4.78 is 0. The highest BCUT2D eigenvalue weighted by Crippen LogP contribution is 2.45. The topological polar surface area (TPSA) is 39.3 Å². The zero-order valence-corrected chi connectivity index (χ0v) is 20.2. The fraction of sp³-hybridized carbons (Fsp3) is 0.103. The number of nitrogens with one attached hydrogen (secondary N) is 1. The zero-order chi connectivity index (χ0) is 23.7. The number of halogens is 1. The van der Waals surface area contributed by atoms with Gasteiger partial charge in [-0.25, -0.2) is 0 Å². The first-order chi connectivity index (χ1) is 17.1. The van der Waals surface area contributed by atoms with Crippen molar-refractivity contribution in [3.63, 3.8) is 0 Å². The Kier molecular flexibility index (Phi) is 4.53.